The van der Waals surface area contributed by atoms with E-state index in [2.05, 4.69) is 26.2 Å². The first-order valence-corrected chi connectivity index (χ1v) is 9.23. The average molecular weight is 296 g/mol. The van der Waals surface area contributed by atoms with Crippen molar-refractivity contribution in [3.05, 3.63) is 0 Å². The van der Waals surface area contributed by atoms with Gasteiger partial charge in [0.15, 0.2) is 0 Å². The van der Waals surface area contributed by atoms with Crippen molar-refractivity contribution in [3.63, 3.8) is 0 Å². The van der Waals surface area contributed by atoms with Gasteiger partial charge in [0.1, 0.15) is 0 Å². The van der Waals surface area contributed by atoms with Crippen molar-refractivity contribution in [2.75, 3.05) is 6.61 Å². The number of ether oxygens (including phenoxy) is 1. The van der Waals surface area contributed by atoms with E-state index in [1.165, 1.54) is 51.4 Å². The van der Waals surface area contributed by atoms with Crippen LogP contribution in [0, 0.1) is 23.7 Å². The fraction of sp³-hybridized carbons (Fsp3) is 1.00. The highest BCUT2D eigenvalue weighted by atomic mass is 16.5. The molecule has 2 aliphatic carbocycles. The molecule has 4 atom stereocenters. The van der Waals surface area contributed by atoms with Crippen LogP contribution >= 0.6 is 0 Å². The molecule has 0 aromatic rings. The standard InChI is InChI=1S/C18H36N2O/c1-4-21-18(15-8-6-5-7-9-15)17(20-19)16-11-13(2)10-14(3)12-16/h13-18,20H,4-12,19H2,1-3H3. The summed E-state index contributed by atoms with van der Waals surface area (Å²) in [4.78, 5) is 0. The molecule has 2 saturated carbocycles. The van der Waals surface area contributed by atoms with Gasteiger partial charge in [0.2, 0.25) is 0 Å². The molecule has 0 aromatic carbocycles. The van der Waals surface area contributed by atoms with E-state index in [1.54, 1.807) is 0 Å². The maximum atomic E-state index is 6.22. The Bertz CT molecular complexity index is 281. The summed E-state index contributed by atoms with van der Waals surface area (Å²) in [5.74, 6) is 9.02. The zero-order valence-corrected chi connectivity index (χ0v) is 14.3. The van der Waals surface area contributed by atoms with Gasteiger partial charge in [-0.25, -0.2) is 0 Å². The van der Waals surface area contributed by atoms with E-state index in [0.717, 1.165) is 18.4 Å². The fourth-order valence-corrected chi connectivity index (χ4v) is 4.99. The summed E-state index contributed by atoms with van der Waals surface area (Å²) in [5.41, 5.74) is 3.17. The van der Waals surface area contributed by atoms with Crippen molar-refractivity contribution >= 4 is 0 Å². The lowest BCUT2D eigenvalue weighted by molar-refractivity contribution is -0.0405. The van der Waals surface area contributed by atoms with Gasteiger partial charge in [0.05, 0.1) is 12.1 Å². The van der Waals surface area contributed by atoms with Crippen molar-refractivity contribution in [2.45, 2.75) is 84.3 Å². The second kappa shape index (κ2) is 8.50. The molecular weight excluding hydrogens is 260 g/mol. The lowest BCUT2D eigenvalue weighted by atomic mass is 9.70. The quantitative estimate of drug-likeness (QED) is 0.577. The van der Waals surface area contributed by atoms with Crippen LogP contribution < -0.4 is 11.3 Å². The first-order chi connectivity index (χ1) is 10.2. The number of nitrogens with two attached hydrogens (primary N) is 1. The molecule has 2 fully saturated rings. The predicted octanol–water partition coefficient (Wildman–Crippen LogP) is 3.88. The van der Waals surface area contributed by atoms with E-state index in [0.29, 0.717) is 24.0 Å². The number of nitrogens with one attached hydrogen (secondary N) is 1. The van der Waals surface area contributed by atoms with E-state index < -0.39 is 0 Å². The molecule has 0 heterocycles. The van der Waals surface area contributed by atoms with Crippen molar-refractivity contribution in [1.29, 1.82) is 0 Å². The second-order valence-corrected chi connectivity index (χ2v) is 7.69. The monoisotopic (exact) mass is 296 g/mol. The highest BCUT2D eigenvalue weighted by Crippen LogP contribution is 2.38. The van der Waals surface area contributed by atoms with Crippen LogP contribution in [-0.4, -0.2) is 18.8 Å². The van der Waals surface area contributed by atoms with Crippen LogP contribution in [0.1, 0.15) is 72.1 Å². The van der Waals surface area contributed by atoms with Crippen LogP contribution in [0.15, 0.2) is 0 Å². The third-order valence-corrected chi connectivity index (χ3v) is 5.74. The van der Waals surface area contributed by atoms with Gasteiger partial charge in [0, 0.05) is 6.61 Å². The average Bonchev–Trinajstić information content (AvgIpc) is 2.47. The molecule has 3 nitrogen and oxygen atoms in total. The molecule has 3 heteroatoms. The molecule has 3 N–H and O–H groups in total. The van der Waals surface area contributed by atoms with E-state index in [1.807, 2.05) is 0 Å². The van der Waals surface area contributed by atoms with Gasteiger partial charge in [-0.15, -0.1) is 0 Å². The molecular formula is C18H36N2O. The molecule has 0 aliphatic heterocycles. The van der Waals surface area contributed by atoms with E-state index in [9.17, 15) is 0 Å². The molecule has 0 saturated heterocycles. The van der Waals surface area contributed by atoms with Crippen molar-refractivity contribution in [1.82, 2.24) is 5.43 Å². The van der Waals surface area contributed by atoms with Gasteiger partial charge in [0.25, 0.3) is 0 Å². The summed E-state index contributed by atoms with van der Waals surface area (Å²) in [7, 11) is 0. The molecule has 0 radical (unpaired) electrons. The van der Waals surface area contributed by atoms with Crippen LogP contribution in [-0.2, 0) is 4.74 Å². The third-order valence-electron chi connectivity index (χ3n) is 5.74. The van der Waals surface area contributed by atoms with Crippen molar-refractivity contribution in [3.8, 4) is 0 Å². The maximum absolute atomic E-state index is 6.22. The lowest BCUT2D eigenvalue weighted by Crippen LogP contribution is -2.54. The number of hydrogen-bond acceptors (Lipinski definition) is 3. The Labute approximate surface area is 131 Å². The summed E-state index contributed by atoms with van der Waals surface area (Å²) in [5, 5.41) is 0. The van der Waals surface area contributed by atoms with Crippen LogP contribution in [0.4, 0.5) is 0 Å². The number of hydrogen-bond donors (Lipinski definition) is 2. The summed E-state index contributed by atoms with van der Waals surface area (Å²) in [6.45, 7) is 7.71. The minimum absolute atomic E-state index is 0.308. The number of rotatable bonds is 6. The van der Waals surface area contributed by atoms with Gasteiger partial charge in [-0.3, -0.25) is 11.3 Å². The van der Waals surface area contributed by atoms with Gasteiger partial charge < -0.3 is 4.74 Å². The summed E-state index contributed by atoms with van der Waals surface area (Å²) >= 11 is 0. The Balaban J connectivity index is 2.06. The van der Waals surface area contributed by atoms with E-state index in [-0.39, 0.29) is 0 Å². The highest BCUT2D eigenvalue weighted by Gasteiger charge is 2.38. The lowest BCUT2D eigenvalue weighted by Gasteiger charge is -2.42. The Morgan fingerprint density at radius 3 is 2.14 bits per heavy atom. The zero-order valence-electron chi connectivity index (χ0n) is 14.3. The smallest absolute Gasteiger partial charge is 0.0772 e. The molecule has 0 bridgehead atoms. The minimum atomic E-state index is 0.308. The topological polar surface area (TPSA) is 47.3 Å². The van der Waals surface area contributed by atoms with Crippen molar-refractivity contribution in [2.24, 2.45) is 29.5 Å². The Morgan fingerprint density at radius 1 is 1.00 bits per heavy atom. The maximum Gasteiger partial charge on any atom is 0.0772 e. The SMILES string of the molecule is CCOC(C1CCCCC1)C(NN)C1CC(C)CC(C)C1. The Kier molecular flexibility index (Phi) is 6.97. The van der Waals surface area contributed by atoms with Crippen LogP contribution in [0.5, 0.6) is 0 Å². The molecule has 4 unspecified atom stereocenters. The van der Waals surface area contributed by atoms with Gasteiger partial charge in [-0.2, -0.15) is 0 Å². The predicted molar refractivity (Wildman–Crippen MR) is 88.8 cm³/mol. The van der Waals surface area contributed by atoms with E-state index in [4.69, 9.17) is 10.6 Å². The zero-order chi connectivity index (χ0) is 15.2. The molecule has 0 spiro atoms. The normalized spacial score (nSPS) is 34.6. The molecule has 0 aromatic heterocycles. The first-order valence-electron chi connectivity index (χ1n) is 9.23. The summed E-state index contributed by atoms with van der Waals surface area (Å²) in [6, 6.07) is 0.332. The molecule has 2 rings (SSSR count). The number of hydrazine groups is 1. The molecule has 2 aliphatic rings. The largest absolute Gasteiger partial charge is 0.377 e. The minimum Gasteiger partial charge on any atom is -0.377 e. The molecule has 21 heavy (non-hydrogen) atoms. The third kappa shape index (κ3) is 4.67. The Hall–Kier alpha value is -0.120. The first kappa shape index (κ1) is 17.2. The van der Waals surface area contributed by atoms with Crippen molar-refractivity contribution < 1.29 is 4.74 Å². The summed E-state index contributed by atoms with van der Waals surface area (Å²) in [6.07, 6.45) is 11.0. The molecule has 124 valence electrons. The van der Waals surface area contributed by atoms with Gasteiger partial charge in [-0.1, -0.05) is 33.1 Å². The van der Waals surface area contributed by atoms with Gasteiger partial charge in [-0.05, 0) is 62.7 Å². The fourth-order valence-electron chi connectivity index (χ4n) is 4.99. The van der Waals surface area contributed by atoms with Crippen LogP contribution in [0.2, 0.25) is 0 Å². The Morgan fingerprint density at radius 2 is 1.62 bits per heavy atom. The second-order valence-electron chi connectivity index (χ2n) is 7.69. The van der Waals surface area contributed by atoms with E-state index >= 15 is 0 Å². The van der Waals surface area contributed by atoms with Crippen LogP contribution in [0.25, 0.3) is 0 Å². The molecule has 0 amide bonds. The summed E-state index contributed by atoms with van der Waals surface area (Å²) < 4.78 is 6.22. The highest BCUT2D eigenvalue weighted by molar-refractivity contribution is 4.91. The van der Waals surface area contributed by atoms with Crippen LogP contribution in [0.3, 0.4) is 0 Å². The van der Waals surface area contributed by atoms with Gasteiger partial charge >= 0.3 is 0 Å².